The topological polar surface area (TPSA) is 83.6 Å². The maximum atomic E-state index is 11.7. The monoisotopic (exact) mass is 338 g/mol. The number of nitrogens with zero attached hydrogens (tertiary/aromatic N) is 7. The van der Waals surface area contributed by atoms with E-state index in [9.17, 15) is 4.79 Å². The van der Waals surface area contributed by atoms with Crippen LogP contribution >= 0.6 is 0 Å². The molecular weight excluding hydrogens is 320 g/mol. The summed E-state index contributed by atoms with van der Waals surface area (Å²) in [4.78, 5) is 15.8. The Bertz CT molecular complexity index is 925. The summed E-state index contributed by atoms with van der Waals surface area (Å²) in [6, 6.07) is 6.18. The molecule has 5 rings (SSSR count). The Hall–Kier alpha value is -2.94. The van der Waals surface area contributed by atoms with Crippen LogP contribution in [-0.4, -0.2) is 61.5 Å². The summed E-state index contributed by atoms with van der Waals surface area (Å²) in [6.07, 6.45) is 5.71. The molecule has 0 atom stereocenters. The molecule has 3 aromatic heterocycles. The van der Waals surface area contributed by atoms with E-state index < -0.39 is 0 Å². The van der Waals surface area contributed by atoms with Gasteiger partial charge in [0.1, 0.15) is 0 Å². The minimum absolute atomic E-state index is 0.0477. The highest BCUT2D eigenvalue weighted by Gasteiger charge is 2.31. The second kappa shape index (κ2) is 5.55. The first-order valence-corrected chi connectivity index (χ1v) is 8.38. The smallest absolute Gasteiger partial charge is 0.322 e. The maximum Gasteiger partial charge on any atom is 0.322 e. The summed E-state index contributed by atoms with van der Waals surface area (Å²) in [6.45, 7) is 3.98. The molecular formula is C16H18N8O. The number of aromatic nitrogens is 5. The van der Waals surface area contributed by atoms with Crippen LogP contribution in [0.3, 0.4) is 0 Å². The molecule has 0 radical (unpaired) electrons. The van der Waals surface area contributed by atoms with Gasteiger partial charge < -0.3 is 5.32 Å². The summed E-state index contributed by atoms with van der Waals surface area (Å²) in [5.41, 5.74) is 1.73. The molecule has 3 aromatic rings. The summed E-state index contributed by atoms with van der Waals surface area (Å²) in [5.74, 6) is 0.948. The van der Waals surface area contributed by atoms with Crippen LogP contribution in [0.1, 0.15) is 11.9 Å². The van der Waals surface area contributed by atoms with Gasteiger partial charge in [-0.05, 0) is 12.1 Å². The Morgan fingerprint density at radius 2 is 2.16 bits per heavy atom. The number of hydrogen-bond acceptors (Lipinski definition) is 5. The number of carbonyl (C=O) groups excluding carboxylic acids is 1. The Kier molecular flexibility index (Phi) is 3.20. The van der Waals surface area contributed by atoms with Crippen molar-refractivity contribution in [3.05, 3.63) is 42.6 Å². The average Bonchev–Trinajstić information content (AvgIpc) is 3.30. The minimum Gasteiger partial charge on any atom is -0.336 e. The molecule has 2 saturated heterocycles. The van der Waals surface area contributed by atoms with Gasteiger partial charge in [-0.15, -0.1) is 10.2 Å². The number of urea groups is 1. The Balaban J connectivity index is 1.23. The van der Waals surface area contributed by atoms with E-state index in [0.29, 0.717) is 19.1 Å². The van der Waals surface area contributed by atoms with Crippen LogP contribution in [0.2, 0.25) is 0 Å². The maximum absolute atomic E-state index is 11.7. The molecule has 0 saturated carbocycles. The lowest BCUT2D eigenvalue weighted by atomic mass is 10.1. The van der Waals surface area contributed by atoms with Crippen molar-refractivity contribution in [2.75, 3.05) is 31.1 Å². The zero-order valence-electron chi connectivity index (χ0n) is 13.6. The van der Waals surface area contributed by atoms with E-state index in [2.05, 4.69) is 25.5 Å². The normalized spacial score (nSPS) is 18.7. The van der Waals surface area contributed by atoms with Gasteiger partial charge in [0.05, 0.1) is 24.5 Å². The molecule has 128 valence electrons. The van der Waals surface area contributed by atoms with Crippen LogP contribution < -0.4 is 10.2 Å². The summed E-state index contributed by atoms with van der Waals surface area (Å²) in [7, 11) is 0. The van der Waals surface area contributed by atoms with Crippen LogP contribution in [0.4, 0.5) is 10.5 Å². The van der Waals surface area contributed by atoms with E-state index in [0.717, 1.165) is 36.8 Å². The molecule has 2 aliphatic heterocycles. The first-order chi connectivity index (χ1) is 12.3. The molecule has 0 spiro atoms. The fourth-order valence-corrected chi connectivity index (χ4v) is 3.42. The van der Waals surface area contributed by atoms with E-state index in [1.807, 2.05) is 39.7 Å². The Morgan fingerprint density at radius 3 is 3.00 bits per heavy atom. The largest absolute Gasteiger partial charge is 0.336 e. The summed E-state index contributed by atoms with van der Waals surface area (Å²) < 4.78 is 3.98. The third kappa shape index (κ3) is 2.43. The Morgan fingerprint density at radius 1 is 1.24 bits per heavy atom. The number of amides is 2. The summed E-state index contributed by atoms with van der Waals surface area (Å²) in [5, 5.41) is 15.7. The van der Waals surface area contributed by atoms with Crippen LogP contribution in [0.5, 0.6) is 0 Å². The van der Waals surface area contributed by atoms with Crippen molar-refractivity contribution in [2.24, 2.45) is 0 Å². The second-order valence-electron chi connectivity index (χ2n) is 6.46. The lowest BCUT2D eigenvalue weighted by Crippen LogP contribution is -2.47. The molecule has 9 heteroatoms. The van der Waals surface area contributed by atoms with Crippen molar-refractivity contribution in [1.82, 2.24) is 34.6 Å². The highest BCUT2D eigenvalue weighted by Crippen LogP contribution is 2.25. The minimum atomic E-state index is -0.0477. The lowest BCUT2D eigenvalue weighted by molar-refractivity contribution is 0.0878. The predicted octanol–water partition coefficient (Wildman–Crippen LogP) is 0.512. The molecule has 0 aromatic carbocycles. The molecule has 5 heterocycles. The zero-order valence-corrected chi connectivity index (χ0v) is 13.6. The third-order valence-corrected chi connectivity index (χ3v) is 4.82. The van der Waals surface area contributed by atoms with Gasteiger partial charge >= 0.3 is 6.03 Å². The van der Waals surface area contributed by atoms with Crippen LogP contribution in [0, 0.1) is 0 Å². The lowest BCUT2D eigenvalue weighted by Gasteiger charge is -2.38. The zero-order chi connectivity index (χ0) is 16.8. The fraction of sp³-hybridized carbons (Fsp3) is 0.375. The number of rotatable bonds is 4. The first-order valence-electron chi connectivity index (χ1n) is 8.38. The molecule has 0 aliphatic carbocycles. The van der Waals surface area contributed by atoms with Crippen LogP contribution in [0.15, 0.2) is 36.8 Å². The van der Waals surface area contributed by atoms with Gasteiger partial charge in [-0.1, -0.05) is 6.07 Å². The van der Waals surface area contributed by atoms with Crippen molar-refractivity contribution in [2.45, 2.75) is 12.6 Å². The quantitative estimate of drug-likeness (QED) is 0.749. The molecule has 25 heavy (non-hydrogen) atoms. The first kappa shape index (κ1) is 14.4. The third-order valence-electron chi connectivity index (χ3n) is 4.82. The van der Waals surface area contributed by atoms with Crippen molar-refractivity contribution in [3.63, 3.8) is 0 Å². The number of carbonyl (C=O) groups is 1. The van der Waals surface area contributed by atoms with E-state index in [-0.39, 0.29) is 6.03 Å². The van der Waals surface area contributed by atoms with Crippen LogP contribution in [-0.2, 0) is 6.54 Å². The molecule has 0 bridgehead atoms. The SMILES string of the molecule is O=C1NCCN1c1cnn(C2CN(Cc3nnc4ccccn34)C2)c1. The highest BCUT2D eigenvalue weighted by atomic mass is 16.2. The molecule has 9 nitrogen and oxygen atoms in total. The average molecular weight is 338 g/mol. The van der Waals surface area contributed by atoms with Gasteiger partial charge in [0.25, 0.3) is 0 Å². The number of hydrogen-bond donors (Lipinski definition) is 1. The van der Waals surface area contributed by atoms with Gasteiger partial charge in [-0.2, -0.15) is 5.10 Å². The van der Waals surface area contributed by atoms with Gasteiger partial charge in [0.15, 0.2) is 11.5 Å². The molecule has 0 unspecified atom stereocenters. The second-order valence-corrected chi connectivity index (χ2v) is 6.46. The standard InChI is InChI=1S/C16H18N8O/c25-16-17-4-6-22(16)12-7-18-24(10-12)13-8-21(9-13)11-15-20-19-14-3-1-2-5-23(14)15/h1-3,5,7,10,13H,4,6,8-9,11H2,(H,17,25). The molecule has 2 fully saturated rings. The Labute approximate surface area is 143 Å². The van der Waals surface area contributed by atoms with E-state index in [1.165, 1.54) is 0 Å². The number of likely N-dealkylation sites (tertiary alicyclic amines) is 1. The van der Waals surface area contributed by atoms with Crippen molar-refractivity contribution in [3.8, 4) is 0 Å². The van der Waals surface area contributed by atoms with Crippen molar-refractivity contribution < 1.29 is 4.79 Å². The number of nitrogens with one attached hydrogen (secondary N) is 1. The molecule has 2 aliphatic rings. The van der Waals surface area contributed by atoms with E-state index >= 15 is 0 Å². The van der Waals surface area contributed by atoms with Crippen LogP contribution in [0.25, 0.3) is 5.65 Å². The number of anilines is 1. The predicted molar refractivity (Wildman–Crippen MR) is 90.3 cm³/mol. The van der Waals surface area contributed by atoms with Crippen molar-refractivity contribution in [1.29, 1.82) is 0 Å². The van der Waals surface area contributed by atoms with Gasteiger partial charge in [-0.25, -0.2) is 4.79 Å². The molecule has 2 amide bonds. The fourth-order valence-electron chi connectivity index (χ4n) is 3.42. The van der Waals surface area contributed by atoms with Gasteiger partial charge in [0, 0.05) is 38.6 Å². The summed E-state index contributed by atoms with van der Waals surface area (Å²) >= 11 is 0. The van der Waals surface area contributed by atoms with E-state index in [1.54, 1.807) is 11.1 Å². The number of fused-ring (bicyclic) bond motifs is 1. The van der Waals surface area contributed by atoms with Gasteiger partial charge in [0.2, 0.25) is 0 Å². The highest BCUT2D eigenvalue weighted by molar-refractivity contribution is 5.93. The van der Waals surface area contributed by atoms with E-state index in [4.69, 9.17) is 0 Å². The number of pyridine rings is 1. The molecule has 1 N–H and O–H groups in total. The van der Waals surface area contributed by atoms with Crippen molar-refractivity contribution >= 4 is 17.4 Å². The van der Waals surface area contributed by atoms with Gasteiger partial charge in [-0.3, -0.25) is 18.9 Å².